The minimum Gasteiger partial charge on any atom is -0.337 e. The summed E-state index contributed by atoms with van der Waals surface area (Å²) < 4.78 is 26.9. The van der Waals surface area contributed by atoms with Crippen molar-refractivity contribution in [2.75, 3.05) is 19.6 Å². The lowest BCUT2D eigenvalue weighted by atomic mass is 9.94. The summed E-state index contributed by atoms with van der Waals surface area (Å²) in [6.45, 7) is 0.838. The fraction of sp³-hybridized carbons (Fsp3) is 0.190. The van der Waals surface area contributed by atoms with Crippen molar-refractivity contribution in [1.82, 2.24) is 9.62 Å². The fourth-order valence-electron chi connectivity index (χ4n) is 3.40. The third-order valence-corrected chi connectivity index (χ3v) is 7.67. The van der Waals surface area contributed by atoms with Gasteiger partial charge in [0.05, 0.1) is 6.54 Å². The van der Waals surface area contributed by atoms with Crippen LogP contribution in [0.25, 0.3) is 16.3 Å². The Morgan fingerprint density at radius 1 is 1.07 bits per heavy atom. The molecule has 0 radical (unpaired) electrons. The third kappa shape index (κ3) is 3.87. The molecule has 1 aliphatic rings. The molecule has 0 bridgehead atoms. The van der Waals surface area contributed by atoms with Crippen LogP contribution in [0.2, 0.25) is 0 Å². The number of carbonyl (C=O) groups excluding carboxylic acids is 1. The van der Waals surface area contributed by atoms with Gasteiger partial charge in [0.25, 0.3) is 10.0 Å². The van der Waals surface area contributed by atoms with Crippen LogP contribution < -0.4 is 4.72 Å². The van der Waals surface area contributed by atoms with E-state index in [1.54, 1.807) is 16.3 Å². The lowest BCUT2D eigenvalue weighted by Gasteiger charge is -2.27. The van der Waals surface area contributed by atoms with Gasteiger partial charge in [-0.15, -0.1) is 11.3 Å². The highest BCUT2D eigenvalue weighted by molar-refractivity contribution is 7.91. The van der Waals surface area contributed by atoms with Crippen molar-refractivity contribution >= 4 is 43.6 Å². The molecular weight excluding hydrogens is 392 g/mol. The van der Waals surface area contributed by atoms with Crippen LogP contribution in [0.15, 0.2) is 70.3 Å². The van der Waals surface area contributed by atoms with Crippen LogP contribution in [0.5, 0.6) is 0 Å². The smallest absolute Gasteiger partial charge is 0.250 e. The maximum absolute atomic E-state index is 12.4. The number of hydrogen-bond donors (Lipinski definition) is 1. The van der Waals surface area contributed by atoms with Crippen LogP contribution in [0.1, 0.15) is 12.0 Å². The van der Waals surface area contributed by atoms with Gasteiger partial charge in [-0.1, -0.05) is 54.6 Å². The summed E-state index contributed by atoms with van der Waals surface area (Å²) in [5.74, 6) is -0.214. The fourth-order valence-corrected chi connectivity index (χ4v) is 5.41. The molecule has 7 heteroatoms. The quantitative estimate of drug-likeness (QED) is 0.698. The highest BCUT2D eigenvalue weighted by Gasteiger charge is 2.21. The lowest BCUT2D eigenvalue weighted by molar-refractivity contribution is -0.129. The Bertz CT molecular complexity index is 1130. The molecule has 3 aromatic rings. The van der Waals surface area contributed by atoms with E-state index in [9.17, 15) is 13.2 Å². The average Bonchev–Trinajstić information content (AvgIpc) is 3.28. The summed E-state index contributed by atoms with van der Waals surface area (Å²) in [5, 5.41) is 4.10. The minimum atomic E-state index is -3.62. The Hall–Kier alpha value is -2.48. The molecule has 1 aromatic heterocycles. The van der Waals surface area contributed by atoms with E-state index in [0.717, 1.165) is 17.8 Å². The first-order chi connectivity index (χ1) is 13.5. The zero-order chi connectivity index (χ0) is 19.6. The van der Waals surface area contributed by atoms with E-state index < -0.39 is 10.0 Å². The third-order valence-electron chi connectivity index (χ3n) is 4.87. The average molecular weight is 413 g/mol. The van der Waals surface area contributed by atoms with Crippen LogP contribution in [-0.2, 0) is 14.8 Å². The molecule has 4 rings (SSSR count). The van der Waals surface area contributed by atoms with E-state index in [1.807, 2.05) is 12.1 Å². The number of hydrogen-bond acceptors (Lipinski definition) is 4. The van der Waals surface area contributed by atoms with Gasteiger partial charge >= 0.3 is 0 Å². The second kappa shape index (κ2) is 7.87. The summed E-state index contributed by atoms with van der Waals surface area (Å²) in [4.78, 5) is 14.1. The molecule has 0 fully saturated rings. The maximum atomic E-state index is 12.4. The van der Waals surface area contributed by atoms with Gasteiger partial charge in [0.15, 0.2) is 0 Å². The van der Waals surface area contributed by atoms with Crippen molar-refractivity contribution in [3.8, 4) is 0 Å². The normalized spacial score (nSPS) is 14.9. The summed E-state index contributed by atoms with van der Waals surface area (Å²) in [7, 11) is -3.62. The van der Waals surface area contributed by atoms with Crippen molar-refractivity contribution in [3.63, 3.8) is 0 Å². The Morgan fingerprint density at radius 2 is 1.89 bits per heavy atom. The SMILES string of the molecule is O=C(CNS(=O)(=O)c1cccs1)N1CC=C(c2cccc3ccccc23)CC1. The number of rotatable bonds is 5. The number of carbonyl (C=O) groups is 1. The number of thiophene rings is 1. The van der Waals surface area contributed by atoms with Crippen molar-refractivity contribution in [2.24, 2.45) is 0 Å². The highest BCUT2D eigenvalue weighted by atomic mass is 32.2. The number of benzene rings is 2. The molecule has 2 aromatic carbocycles. The van der Waals surface area contributed by atoms with Gasteiger partial charge in [0.1, 0.15) is 4.21 Å². The molecule has 1 N–H and O–H groups in total. The Morgan fingerprint density at radius 3 is 2.64 bits per heavy atom. The Labute approximate surface area is 168 Å². The van der Waals surface area contributed by atoms with E-state index in [-0.39, 0.29) is 16.7 Å². The molecule has 1 aliphatic heterocycles. The van der Waals surface area contributed by atoms with Crippen LogP contribution >= 0.6 is 11.3 Å². The van der Waals surface area contributed by atoms with E-state index in [4.69, 9.17) is 0 Å². The number of nitrogens with zero attached hydrogens (tertiary/aromatic N) is 1. The molecule has 0 saturated heterocycles. The molecule has 5 nitrogen and oxygen atoms in total. The molecule has 2 heterocycles. The summed E-state index contributed by atoms with van der Waals surface area (Å²) in [5.41, 5.74) is 2.42. The second-order valence-corrected chi connectivity index (χ2v) is 9.54. The van der Waals surface area contributed by atoms with Crippen molar-refractivity contribution < 1.29 is 13.2 Å². The predicted octanol–water partition coefficient (Wildman–Crippen LogP) is 3.50. The first kappa shape index (κ1) is 18.9. The monoisotopic (exact) mass is 412 g/mol. The number of amides is 1. The van der Waals surface area contributed by atoms with Crippen LogP contribution in [-0.4, -0.2) is 38.9 Å². The van der Waals surface area contributed by atoms with Gasteiger partial charge in [-0.05, 0) is 39.8 Å². The van der Waals surface area contributed by atoms with Gasteiger partial charge in [-0.2, -0.15) is 0 Å². The summed E-state index contributed by atoms with van der Waals surface area (Å²) in [6.07, 6.45) is 2.81. The lowest BCUT2D eigenvalue weighted by Crippen LogP contribution is -2.41. The Balaban J connectivity index is 1.43. The van der Waals surface area contributed by atoms with E-state index in [1.165, 1.54) is 28.0 Å². The first-order valence-electron chi connectivity index (χ1n) is 9.03. The van der Waals surface area contributed by atoms with E-state index in [0.29, 0.717) is 13.1 Å². The Kier molecular flexibility index (Phi) is 5.30. The van der Waals surface area contributed by atoms with Crippen LogP contribution in [0.4, 0.5) is 0 Å². The standard InChI is InChI=1S/C21H20N2O3S2/c24-20(15-22-28(25,26)21-9-4-14-27-21)23-12-10-17(11-13-23)19-8-3-6-16-5-1-2-7-18(16)19/h1-10,14,22H,11-13,15H2. The molecule has 0 atom stereocenters. The maximum Gasteiger partial charge on any atom is 0.250 e. The van der Waals surface area contributed by atoms with Crippen molar-refractivity contribution in [1.29, 1.82) is 0 Å². The highest BCUT2D eigenvalue weighted by Crippen LogP contribution is 2.29. The van der Waals surface area contributed by atoms with Gasteiger partial charge in [0, 0.05) is 13.1 Å². The molecule has 0 saturated carbocycles. The van der Waals surface area contributed by atoms with Gasteiger partial charge in [-0.25, -0.2) is 13.1 Å². The molecule has 0 aliphatic carbocycles. The van der Waals surface area contributed by atoms with Crippen LogP contribution in [0, 0.1) is 0 Å². The molecule has 28 heavy (non-hydrogen) atoms. The summed E-state index contributed by atoms with van der Waals surface area (Å²) >= 11 is 1.13. The largest absolute Gasteiger partial charge is 0.337 e. The van der Waals surface area contributed by atoms with Gasteiger partial charge in [0.2, 0.25) is 5.91 Å². The molecule has 0 spiro atoms. The molecule has 144 valence electrons. The van der Waals surface area contributed by atoms with E-state index in [2.05, 4.69) is 41.1 Å². The van der Waals surface area contributed by atoms with Crippen molar-refractivity contribution in [3.05, 3.63) is 71.6 Å². The summed E-state index contributed by atoms with van der Waals surface area (Å²) in [6, 6.07) is 17.7. The molecule has 1 amide bonds. The second-order valence-electron chi connectivity index (χ2n) is 6.60. The number of sulfonamides is 1. The predicted molar refractivity (Wildman–Crippen MR) is 113 cm³/mol. The van der Waals surface area contributed by atoms with Crippen LogP contribution in [0.3, 0.4) is 0 Å². The number of nitrogens with one attached hydrogen (secondary N) is 1. The van der Waals surface area contributed by atoms with Gasteiger partial charge < -0.3 is 4.90 Å². The molecule has 0 unspecified atom stereocenters. The zero-order valence-corrected chi connectivity index (χ0v) is 16.8. The minimum absolute atomic E-state index is 0.214. The molecular formula is C21H20N2O3S2. The van der Waals surface area contributed by atoms with E-state index >= 15 is 0 Å². The number of fused-ring (bicyclic) bond motifs is 1. The topological polar surface area (TPSA) is 66.5 Å². The first-order valence-corrected chi connectivity index (χ1v) is 11.4. The van der Waals surface area contributed by atoms with Gasteiger partial charge in [-0.3, -0.25) is 4.79 Å². The zero-order valence-electron chi connectivity index (χ0n) is 15.2. The van der Waals surface area contributed by atoms with Crippen molar-refractivity contribution in [2.45, 2.75) is 10.6 Å².